The van der Waals surface area contributed by atoms with Crippen molar-refractivity contribution in [2.45, 2.75) is 18.0 Å². The van der Waals surface area contributed by atoms with Gasteiger partial charge in [0.1, 0.15) is 6.61 Å². The SMILES string of the molecule is Cl.O=C(OCC1c2ccccc2-c2ccccc21)N1CC2COCC(C1)N2. The molecule has 2 atom stereocenters. The van der Waals surface area contributed by atoms with Crippen molar-refractivity contribution in [2.24, 2.45) is 0 Å². The number of fused-ring (bicyclic) bond motifs is 5. The Morgan fingerprint density at radius 3 is 2.15 bits per heavy atom. The molecule has 2 saturated heterocycles. The summed E-state index contributed by atoms with van der Waals surface area (Å²) in [4.78, 5) is 14.5. The average molecular weight is 387 g/mol. The van der Waals surface area contributed by atoms with Gasteiger partial charge in [-0.2, -0.15) is 0 Å². The first-order chi connectivity index (χ1) is 12.8. The number of carbonyl (C=O) groups is 1. The summed E-state index contributed by atoms with van der Waals surface area (Å²) in [6, 6.07) is 17.2. The minimum atomic E-state index is -0.217. The van der Waals surface area contributed by atoms with E-state index in [1.807, 2.05) is 4.90 Å². The van der Waals surface area contributed by atoms with E-state index >= 15 is 0 Å². The number of ether oxygens (including phenoxy) is 2. The minimum absolute atomic E-state index is 0. The Morgan fingerprint density at radius 1 is 1.00 bits per heavy atom. The molecular formula is C21H23ClN2O3. The van der Waals surface area contributed by atoms with Crippen molar-refractivity contribution in [1.29, 1.82) is 0 Å². The van der Waals surface area contributed by atoms with Crippen LogP contribution in [0.2, 0.25) is 0 Å². The first kappa shape index (κ1) is 18.3. The van der Waals surface area contributed by atoms with Crippen LogP contribution >= 0.6 is 12.4 Å². The molecule has 5 rings (SSSR count). The van der Waals surface area contributed by atoms with Crippen molar-refractivity contribution >= 4 is 18.5 Å². The molecule has 3 aliphatic rings. The molecule has 2 heterocycles. The number of hydrogen-bond acceptors (Lipinski definition) is 4. The van der Waals surface area contributed by atoms with Gasteiger partial charge in [0.2, 0.25) is 0 Å². The van der Waals surface area contributed by atoms with Crippen molar-refractivity contribution in [1.82, 2.24) is 10.2 Å². The van der Waals surface area contributed by atoms with E-state index in [9.17, 15) is 4.79 Å². The Bertz CT molecular complexity index is 786. The summed E-state index contributed by atoms with van der Waals surface area (Å²) in [7, 11) is 0. The van der Waals surface area contributed by atoms with Gasteiger partial charge in [0.25, 0.3) is 0 Å². The molecule has 142 valence electrons. The number of rotatable bonds is 2. The van der Waals surface area contributed by atoms with Crippen molar-refractivity contribution in [3.05, 3.63) is 59.7 Å². The van der Waals surface area contributed by atoms with Crippen LogP contribution < -0.4 is 5.32 Å². The van der Waals surface area contributed by atoms with E-state index in [4.69, 9.17) is 9.47 Å². The van der Waals surface area contributed by atoms with Gasteiger partial charge in [-0.3, -0.25) is 0 Å². The monoisotopic (exact) mass is 386 g/mol. The van der Waals surface area contributed by atoms with Crippen molar-refractivity contribution < 1.29 is 14.3 Å². The third kappa shape index (κ3) is 3.31. The Hall–Kier alpha value is -2.08. The third-order valence-electron chi connectivity index (χ3n) is 5.59. The van der Waals surface area contributed by atoms with Crippen molar-refractivity contribution in [3.63, 3.8) is 0 Å². The molecule has 27 heavy (non-hydrogen) atoms. The maximum atomic E-state index is 12.6. The first-order valence-electron chi connectivity index (χ1n) is 9.23. The van der Waals surface area contributed by atoms with Gasteiger partial charge in [-0.15, -0.1) is 12.4 Å². The highest BCUT2D eigenvalue weighted by molar-refractivity contribution is 5.85. The fourth-order valence-corrected chi connectivity index (χ4v) is 4.43. The molecule has 6 heteroatoms. The second kappa shape index (κ2) is 7.50. The fraction of sp³-hybridized carbons (Fsp3) is 0.381. The van der Waals surface area contributed by atoms with Crippen LogP contribution in [0.15, 0.2) is 48.5 Å². The molecule has 5 nitrogen and oxygen atoms in total. The molecule has 0 aromatic heterocycles. The molecule has 0 spiro atoms. The first-order valence-corrected chi connectivity index (χ1v) is 9.23. The topological polar surface area (TPSA) is 50.8 Å². The largest absolute Gasteiger partial charge is 0.448 e. The number of carbonyl (C=O) groups excluding carboxylic acids is 1. The van der Waals surface area contributed by atoms with Crippen LogP contribution in [0.3, 0.4) is 0 Å². The quantitative estimate of drug-likeness (QED) is 0.862. The van der Waals surface area contributed by atoms with Gasteiger partial charge in [0.05, 0.1) is 13.2 Å². The Morgan fingerprint density at radius 2 is 1.56 bits per heavy atom. The smallest absolute Gasteiger partial charge is 0.409 e. The van der Waals surface area contributed by atoms with Gasteiger partial charge in [-0.05, 0) is 22.3 Å². The van der Waals surface area contributed by atoms with Crippen LogP contribution in [0.25, 0.3) is 11.1 Å². The van der Waals surface area contributed by atoms with Crippen LogP contribution in [-0.2, 0) is 9.47 Å². The lowest BCUT2D eigenvalue weighted by Crippen LogP contribution is -2.63. The summed E-state index contributed by atoms with van der Waals surface area (Å²) >= 11 is 0. The van der Waals surface area contributed by atoms with E-state index in [-0.39, 0.29) is 36.5 Å². The second-order valence-electron chi connectivity index (χ2n) is 7.31. The zero-order chi connectivity index (χ0) is 17.5. The van der Waals surface area contributed by atoms with Gasteiger partial charge in [0, 0.05) is 31.1 Å². The Balaban J connectivity index is 0.00000180. The van der Waals surface area contributed by atoms with E-state index in [1.54, 1.807) is 0 Å². The number of hydrogen-bond donors (Lipinski definition) is 1. The molecule has 1 N–H and O–H groups in total. The molecule has 2 aromatic rings. The summed E-state index contributed by atoms with van der Waals surface area (Å²) in [5.41, 5.74) is 4.98. The van der Waals surface area contributed by atoms with Crippen LogP contribution in [0.5, 0.6) is 0 Å². The van der Waals surface area contributed by atoms with E-state index in [1.165, 1.54) is 22.3 Å². The van der Waals surface area contributed by atoms with Gasteiger partial charge < -0.3 is 19.7 Å². The summed E-state index contributed by atoms with van der Waals surface area (Å²) < 4.78 is 11.3. The van der Waals surface area contributed by atoms with Crippen molar-refractivity contribution in [3.8, 4) is 11.1 Å². The number of amides is 1. The van der Waals surface area contributed by atoms with E-state index in [2.05, 4.69) is 53.8 Å². The molecule has 1 amide bonds. The van der Waals surface area contributed by atoms with Gasteiger partial charge in [-0.25, -0.2) is 4.79 Å². The maximum Gasteiger partial charge on any atom is 0.409 e. The van der Waals surface area contributed by atoms with Crippen molar-refractivity contribution in [2.75, 3.05) is 32.9 Å². The molecule has 2 aromatic carbocycles. The van der Waals surface area contributed by atoms with Crippen LogP contribution in [0.1, 0.15) is 17.0 Å². The second-order valence-corrected chi connectivity index (χ2v) is 7.31. The van der Waals surface area contributed by atoms with E-state index < -0.39 is 0 Å². The summed E-state index contributed by atoms with van der Waals surface area (Å²) in [5.74, 6) is 0.108. The Kier molecular flexibility index (Phi) is 5.08. The molecule has 2 fully saturated rings. The highest BCUT2D eigenvalue weighted by Gasteiger charge is 2.34. The number of halogens is 1. The predicted molar refractivity (Wildman–Crippen MR) is 105 cm³/mol. The highest BCUT2D eigenvalue weighted by Crippen LogP contribution is 2.44. The van der Waals surface area contributed by atoms with Gasteiger partial charge in [0.15, 0.2) is 0 Å². The zero-order valence-corrected chi connectivity index (χ0v) is 15.8. The van der Waals surface area contributed by atoms with Gasteiger partial charge in [-0.1, -0.05) is 48.5 Å². The average Bonchev–Trinajstić information content (AvgIpc) is 3.00. The van der Waals surface area contributed by atoms with Crippen LogP contribution in [0, 0.1) is 0 Å². The van der Waals surface area contributed by atoms with Crippen LogP contribution in [-0.4, -0.2) is 56.0 Å². The highest BCUT2D eigenvalue weighted by atomic mass is 35.5. The number of morpholine rings is 1. The summed E-state index contributed by atoms with van der Waals surface area (Å²) in [6.45, 7) is 2.98. The lowest BCUT2D eigenvalue weighted by molar-refractivity contribution is -0.00766. The lowest BCUT2D eigenvalue weighted by atomic mass is 9.98. The fourth-order valence-electron chi connectivity index (χ4n) is 4.43. The molecule has 0 radical (unpaired) electrons. The molecular weight excluding hydrogens is 364 g/mol. The maximum absolute atomic E-state index is 12.6. The standard InChI is InChI=1S/C21H22N2O3.ClH/c24-21(23-9-14-11-25-12-15(10-23)22-14)26-13-20-18-7-3-1-5-16(18)17-6-2-4-8-19(17)20;/h1-8,14-15,20,22H,9-13H2;1H. The number of nitrogens with zero attached hydrogens (tertiary/aromatic N) is 1. The molecule has 2 aliphatic heterocycles. The number of nitrogens with one attached hydrogen (secondary N) is 1. The lowest BCUT2D eigenvalue weighted by Gasteiger charge is -2.41. The number of benzene rings is 2. The predicted octanol–water partition coefficient (Wildman–Crippen LogP) is 3.03. The zero-order valence-electron chi connectivity index (χ0n) is 15.0. The number of piperazine rings is 1. The molecule has 2 unspecified atom stereocenters. The van der Waals surface area contributed by atoms with Gasteiger partial charge >= 0.3 is 6.09 Å². The summed E-state index contributed by atoms with van der Waals surface area (Å²) in [5, 5.41) is 3.49. The van der Waals surface area contributed by atoms with E-state index in [0.717, 1.165) is 0 Å². The van der Waals surface area contributed by atoms with E-state index in [0.29, 0.717) is 32.9 Å². The molecule has 1 aliphatic carbocycles. The molecule has 0 saturated carbocycles. The normalized spacial score (nSPS) is 23.2. The molecule has 2 bridgehead atoms. The minimum Gasteiger partial charge on any atom is -0.448 e. The Labute approximate surface area is 165 Å². The summed E-state index contributed by atoms with van der Waals surface area (Å²) in [6.07, 6.45) is -0.217. The van der Waals surface area contributed by atoms with Crippen LogP contribution in [0.4, 0.5) is 4.79 Å². The third-order valence-corrected chi connectivity index (χ3v) is 5.59.